The minimum absolute atomic E-state index is 0.0228. The molecule has 0 saturated carbocycles. The van der Waals surface area contributed by atoms with Crippen LogP contribution in [0.25, 0.3) is 11.4 Å². The number of carbonyl (C=O) groups excluding carboxylic acids is 1. The molecule has 1 amide bonds. The van der Waals surface area contributed by atoms with E-state index in [1.54, 1.807) is 0 Å². The smallest absolute Gasteiger partial charge is 0.248 e. The van der Waals surface area contributed by atoms with E-state index in [1.165, 1.54) is 7.11 Å². The van der Waals surface area contributed by atoms with Crippen LogP contribution in [-0.4, -0.2) is 65.7 Å². The van der Waals surface area contributed by atoms with Gasteiger partial charge in [0.25, 0.3) is 0 Å². The van der Waals surface area contributed by atoms with E-state index in [2.05, 4.69) is 22.0 Å². The first-order valence-corrected chi connectivity index (χ1v) is 8.09. The van der Waals surface area contributed by atoms with Gasteiger partial charge in [-0.15, -0.1) is 0 Å². The average molecular weight is 330 g/mol. The van der Waals surface area contributed by atoms with Crippen LogP contribution in [0, 0.1) is 0 Å². The van der Waals surface area contributed by atoms with E-state index in [9.17, 15) is 4.79 Å². The van der Waals surface area contributed by atoms with Crippen molar-refractivity contribution in [3.8, 4) is 11.4 Å². The lowest BCUT2D eigenvalue weighted by Gasteiger charge is -2.36. The topological polar surface area (TPSA) is 71.7 Å². The van der Waals surface area contributed by atoms with E-state index in [1.807, 2.05) is 35.2 Å². The van der Waals surface area contributed by atoms with Crippen LogP contribution in [0.2, 0.25) is 0 Å². The Morgan fingerprint density at radius 2 is 1.96 bits per heavy atom. The molecule has 0 bridgehead atoms. The molecule has 128 valence electrons. The van der Waals surface area contributed by atoms with Crippen molar-refractivity contribution in [1.82, 2.24) is 19.9 Å². The number of methoxy groups -OCH3 is 1. The van der Waals surface area contributed by atoms with Crippen molar-refractivity contribution in [2.75, 3.05) is 39.9 Å². The highest BCUT2D eigenvalue weighted by atomic mass is 16.5. The maximum absolute atomic E-state index is 11.8. The third kappa shape index (κ3) is 3.63. The summed E-state index contributed by atoms with van der Waals surface area (Å²) in [7, 11) is 1.54. The summed E-state index contributed by atoms with van der Waals surface area (Å²) in [6, 6.07) is 9.79. The van der Waals surface area contributed by atoms with Crippen molar-refractivity contribution < 1.29 is 14.1 Å². The molecule has 0 radical (unpaired) electrons. The zero-order valence-corrected chi connectivity index (χ0v) is 14.0. The van der Waals surface area contributed by atoms with Gasteiger partial charge in [-0.2, -0.15) is 4.98 Å². The minimum Gasteiger partial charge on any atom is -0.375 e. The fraction of sp³-hybridized carbons (Fsp3) is 0.471. The zero-order valence-electron chi connectivity index (χ0n) is 14.0. The maximum atomic E-state index is 11.8. The molecule has 7 heteroatoms. The second-order valence-electron chi connectivity index (χ2n) is 5.85. The minimum atomic E-state index is 0.0228. The SMILES string of the molecule is COCC(=O)N1CCN([C@H](C)c2nc(-c3ccccc3)no2)CC1. The molecule has 1 aromatic carbocycles. The van der Waals surface area contributed by atoms with Crippen LogP contribution in [0.15, 0.2) is 34.9 Å². The first-order valence-electron chi connectivity index (χ1n) is 8.09. The normalized spacial score (nSPS) is 17.0. The Labute approximate surface area is 141 Å². The van der Waals surface area contributed by atoms with Crippen LogP contribution >= 0.6 is 0 Å². The van der Waals surface area contributed by atoms with Gasteiger partial charge in [-0.3, -0.25) is 9.69 Å². The molecule has 7 nitrogen and oxygen atoms in total. The van der Waals surface area contributed by atoms with Crippen molar-refractivity contribution in [1.29, 1.82) is 0 Å². The molecule has 1 aliphatic heterocycles. The number of ether oxygens (including phenoxy) is 1. The summed E-state index contributed by atoms with van der Waals surface area (Å²) in [4.78, 5) is 20.4. The molecule has 1 atom stereocenters. The largest absolute Gasteiger partial charge is 0.375 e. The first kappa shape index (κ1) is 16.6. The molecule has 1 saturated heterocycles. The summed E-state index contributed by atoms with van der Waals surface area (Å²) < 4.78 is 10.4. The lowest BCUT2D eigenvalue weighted by atomic mass is 10.2. The number of benzene rings is 1. The Hall–Kier alpha value is -2.25. The Morgan fingerprint density at radius 1 is 1.25 bits per heavy atom. The number of nitrogens with zero attached hydrogens (tertiary/aromatic N) is 4. The van der Waals surface area contributed by atoms with Crippen molar-refractivity contribution >= 4 is 5.91 Å². The standard InChI is InChI=1S/C17H22N4O3/c1-13(20-8-10-21(11-9-20)15(22)12-23-2)17-18-16(19-24-17)14-6-4-3-5-7-14/h3-7,13H,8-12H2,1-2H3/t13-/m1/s1. The molecule has 0 aliphatic carbocycles. The van der Waals surface area contributed by atoms with E-state index >= 15 is 0 Å². The molecule has 0 spiro atoms. The highest BCUT2D eigenvalue weighted by Crippen LogP contribution is 2.23. The fourth-order valence-corrected chi connectivity index (χ4v) is 2.84. The number of rotatable bonds is 5. The summed E-state index contributed by atoms with van der Waals surface area (Å²) in [5.41, 5.74) is 0.940. The van der Waals surface area contributed by atoms with Crippen LogP contribution < -0.4 is 0 Å². The Balaban J connectivity index is 1.61. The van der Waals surface area contributed by atoms with Gasteiger partial charge in [-0.1, -0.05) is 35.5 Å². The van der Waals surface area contributed by atoms with E-state index < -0.39 is 0 Å². The average Bonchev–Trinajstić information content (AvgIpc) is 3.12. The van der Waals surface area contributed by atoms with Gasteiger partial charge in [0.1, 0.15) is 6.61 Å². The van der Waals surface area contributed by atoms with Crippen molar-refractivity contribution in [3.05, 3.63) is 36.2 Å². The van der Waals surface area contributed by atoms with E-state index in [0.29, 0.717) is 24.8 Å². The predicted octanol–water partition coefficient (Wildman–Crippen LogP) is 1.59. The maximum Gasteiger partial charge on any atom is 0.248 e. The summed E-state index contributed by atoms with van der Waals surface area (Å²) in [5, 5.41) is 4.08. The fourth-order valence-electron chi connectivity index (χ4n) is 2.84. The summed E-state index contributed by atoms with van der Waals surface area (Å²) in [5.74, 6) is 1.24. The number of hydrogen-bond acceptors (Lipinski definition) is 6. The Kier molecular flexibility index (Phi) is 5.22. The summed E-state index contributed by atoms with van der Waals surface area (Å²) in [6.45, 7) is 5.12. The van der Waals surface area contributed by atoms with Gasteiger partial charge in [0.2, 0.25) is 17.6 Å². The van der Waals surface area contributed by atoms with Crippen LogP contribution in [0.4, 0.5) is 0 Å². The molecule has 1 aromatic heterocycles. The van der Waals surface area contributed by atoms with Crippen LogP contribution in [0.3, 0.4) is 0 Å². The van der Waals surface area contributed by atoms with Gasteiger partial charge in [0.05, 0.1) is 6.04 Å². The Morgan fingerprint density at radius 3 is 2.62 bits per heavy atom. The van der Waals surface area contributed by atoms with E-state index in [-0.39, 0.29) is 18.6 Å². The lowest BCUT2D eigenvalue weighted by Crippen LogP contribution is -2.50. The van der Waals surface area contributed by atoms with Gasteiger partial charge in [0.15, 0.2) is 0 Å². The number of carbonyl (C=O) groups is 1. The molecule has 2 aromatic rings. The molecular formula is C17H22N4O3. The van der Waals surface area contributed by atoms with Crippen LogP contribution in [0.5, 0.6) is 0 Å². The third-order valence-electron chi connectivity index (χ3n) is 4.31. The molecule has 0 unspecified atom stereocenters. The van der Waals surface area contributed by atoms with E-state index in [0.717, 1.165) is 18.7 Å². The summed E-state index contributed by atoms with van der Waals surface area (Å²) in [6.07, 6.45) is 0. The molecule has 1 aliphatic rings. The molecule has 24 heavy (non-hydrogen) atoms. The van der Waals surface area contributed by atoms with Gasteiger partial charge >= 0.3 is 0 Å². The number of amides is 1. The zero-order chi connectivity index (χ0) is 16.9. The van der Waals surface area contributed by atoms with Crippen LogP contribution in [0.1, 0.15) is 18.9 Å². The monoisotopic (exact) mass is 330 g/mol. The van der Waals surface area contributed by atoms with Crippen molar-refractivity contribution in [3.63, 3.8) is 0 Å². The highest BCUT2D eigenvalue weighted by Gasteiger charge is 2.27. The van der Waals surface area contributed by atoms with Gasteiger partial charge in [-0.25, -0.2) is 0 Å². The molecule has 3 rings (SSSR count). The Bertz CT molecular complexity index is 665. The molecular weight excluding hydrogens is 308 g/mol. The number of aromatic nitrogens is 2. The van der Waals surface area contributed by atoms with Crippen molar-refractivity contribution in [2.24, 2.45) is 0 Å². The van der Waals surface area contributed by atoms with Gasteiger partial charge in [-0.05, 0) is 6.92 Å². The highest BCUT2D eigenvalue weighted by molar-refractivity contribution is 5.77. The quantitative estimate of drug-likeness (QED) is 0.829. The lowest BCUT2D eigenvalue weighted by molar-refractivity contribution is -0.137. The van der Waals surface area contributed by atoms with Crippen molar-refractivity contribution in [2.45, 2.75) is 13.0 Å². The van der Waals surface area contributed by atoms with Gasteiger partial charge < -0.3 is 14.2 Å². The summed E-state index contributed by atoms with van der Waals surface area (Å²) >= 11 is 0. The van der Waals surface area contributed by atoms with Gasteiger partial charge in [0, 0.05) is 38.9 Å². The van der Waals surface area contributed by atoms with E-state index in [4.69, 9.17) is 9.26 Å². The number of piperazine rings is 1. The first-order chi connectivity index (χ1) is 11.7. The molecule has 0 N–H and O–H groups in total. The van der Waals surface area contributed by atoms with Crippen LogP contribution in [-0.2, 0) is 9.53 Å². The number of hydrogen-bond donors (Lipinski definition) is 0. The molecule has 1 fully saturated rings. The third-order valence-corrected chi connectivity index (χ3v) is 4.31. The second kappa shape index (κ2) is 7.55. The predicted molar refractivity (Wildman–Crippen MR) is 88.2 cm³/mol. The second-order valence-corrected chi connectivity index (χ2v) is 5.85. The molecule has 2 heterocycles.